The van der Waals surface area contributed by atoms with Crippen molar-refractivity contribution < 1.29 is 22.4 Å². The molecule has 0 aromatic rings. The Morgan fingerprint density at radius 2 is 2.17 bits per heavy atom. The Morgan fingerprint density at radius 1 is 1.50 bits per heavy atom. The maximum Gasteiger partial charge on any atom is 0.324 e. The van der Waals surface area contributed by atoms with Gasteiger partial charge < -0.3 is 10.6 Å². The summed E-state index contributed by atoms with van der Waals surface area (Å²) in [5.74, 6) is -3.13. The third-order valence-electron chi connectivity index (χ3n) is 2.27. The molecule has 0 aromatic heterocycles. The van der Waals surface area contributed by atoms with Crippen LogP contribution in [0.5, 0.6) is 0 Å². The van der Waals surface area contributed by atoms with Crippen molar-refractivity contribution in [1.82, 2.24) is 10.6 Å². The maximum absolute atomic E-state index is 12.5. The third-order valence-corrected chi connectivity index (χ3v) is 3.40. The lowest BCUT2D eigenvalue weighted by Gasteiger charge is -2.23. The smallest absolute Gasteiger partial charge is 0.324 e. The molecule has 3 nitrogen and oxygen atoms in total. The van der Waals surface area contributed by atoms with Crippen LogP contribution < -0.4 is 10.6 Å². The molecule has 18 heavy (non-hydrogen) atoms. The first-order valence-corrected chi connectivity index (χ1v) is 6.31. The van der Waals surface area contributed by atoms with Crippen LogP contribution in [-0.4, -0.2) is 48.9 Å². The molecule has 1 heterocycles. The van der Waals surface area contributed by atoms with Gasteiger partial charge >= 0.3 is 12.3 Å². The highest BCUT2D eigenvalue weighted by Gasteiger charge is 2.40. The number of thioether (sulfide) groups is 1. The molecule has 0 bridgehead atoms. The first-order chi connectivity index (χ1) is 7.92. The molecule has 1 aliphatic rings. The molecule has 1 saturated heterocycles. The van der Waals surface area contributed by atoms with Crippen LogP contribution in [0.25, 0.3) is 0 Å². The van der Waals surface area contributed by atoms with Gasteiger partial charge in [-0.05, 0) is 0 Å². The van der Waals surface area contributed by atoms with E-state index < -0.39 is 24.8 Å². The number of carbonyl (C=O) groups excluding carboxylic acids is 1. The van der Waals surface area contributed by atoms with Gasteiger partial charge in [-0.25, -0.2) is 8.78 Å². The SMILES string of the molecule is Cl.O=C(CC1CSCCN1)NCC(F)(F)C(F)F. The molecular weight excluding hydrogens is 296 g/mol. The average molecular weight is 311 g/mol. The Balaban J connectivity index is 0.00000289. The standard InChI is InChI=1S/C9H14F4N2OS.ClH/c10-8(11)9(12,13)5-15-7(16)3-6-4-17-2-1-14-6;/h6,8,14H,1-5H2,(H,15,16);1H. The van der Waals surface area contributed by atoms with Crippen LogP contribution in [0.4, 0.5) is 17.6 Å². The molecule has 0 aromatic carbocycles. The lowest BCUT2D eigenvalue weighted by Crippen LogP contribution is -2.45. The molecule has 2 N–H and O–H groups in total. The summed E-state index contributed by atoms with van der Waals surface area (Å²) in [6.45, 7) is -0.556. The monoisotopic (exact) mass is 310 g/mol. The van der Waals surface area contributed by atoms with Crippen molar-refractivity contribution in [3.05, 3.63) is 0 Å². The van der Waals surface area contributed by atoms with Crippen LogP contribution in [0.2, 0.25) is 0 Å². The van der Waals surface area contributed by atoms with E-state index in [9.17, 15) is 22.4 Å². The molecule has 108 valence electrons. The minimum Gasteiger partial charge on any atom is -0.350 e. The predicted octanol–water partition coefficient (Wildman–Crippen LogP) is 1.52. The largest absolute Gasteiger partial charge is 0.350 e. The Bertz CT molecular complexity index is 265. The van der Waals surface area contributed by atoms with Crippen LogP contribution in [-0.2, 0) is 4.79 Å². The van der Waals surface area contributed by atoms with E-state index in [1.54, 1.807) is 11.8 Å². The maximum atomic E-state index is 12.5. The van der Waals surface area contributed by atoms with Gasteiger partial charge in [0.2, 0.25) is 5.91 Å². The number of hydrogen-bond acceptors (Lipinski definition) is 3. The molecule has 0 spiro atoms. The molecule has 0 radical (unpaired) electrons. The van der Waals surface area contributed by atoms with E-state index in [2.05, 4.69) is 5.32 Å². The van der Waals surface area contributed by atoms with Crippen molar-refractivity contribution in [3.8, 4) is 0 Å². The minimum absolute atomic E-state index is 0. The highest BCUT2D eigenvalue weighted by Crippen LogP contribution is 2.21. The van der Waals surface area contributed by atoms with Gasteiger partial charge in [0.05, 0.1) is 6.54 Å². The lowest BCUT2D eigenvalue weighted by atomic mass is 10.2. The van der Waals surface area contributed by atoms with Crippen LogP contribution in [0.3, 0.4) is 0 Å². The fourth-order valence-corrected chi connectivity index (χ4v) is 2.29. The average Bonchev–Trinajstić information content (AvgIpc) is 2.28. The number of carbonyl (C=O) groups is 1. The summed E-state index contributed by atoms with van der Waals surface area (Å²) in [5, 5.41) is 4.89. The van der Waals surface area contributed by atoms with Crippen molar-refractivity contribution in [1.29, 1.82) is 0 Å². The van der Waals surface area contributed by atoms with Gasteiger partial charge in [-0.1, -0.05) is 0 Å². The second-order valence-electron chi connectivity index (χ2n) is 3.77. The van der Waals surface area contributed by atoms with Gasteiger partial charge in [-0.2, -0.15) is 20.5 Å². The lowest BCUT2D eigenvalue weighted by molar-refractivity contribution is -0.136. The number of hydrogen-bond donors (Lipinski definition) is 2. The second kappa shape index (κ2) is 8.06. The van der Waals surface area contributed by atoms with E-state index in [-0.39, 0.29) is 24.9 Å². The van der Waals surface area contributed by atoms with E-state index >= 15 is 0 Å². The first-order valence-electron chi connectivity index (χ1n) is 5.15. The van der Waals surface area contributed by atoms with Crippen molar-refractivity contribution in [2.24, 2.45) is 0 Å². The first kappa shape index (κ1) is 17.8. The van der Waals surface area contributed by atoms with Crippen LogP contribution >= 0.6 is 24.2 Å². The zero-order chi connectivity index (χ0) is 12.9. The van der Waals surface area contributed by atoms with E-state index in [4.69, 9.17) is 0 Å². The summed E-state index contributed by atoms with van der Waals surface area (Å²) >= 11 is 1.66. The zero-order valence-electron chi connectivity index (χ0n) is 9.43. The topological polar surface area (TPSA) is 41.1 Å². The van der Waals surface area contributed by atoms with Gasteiger partial charge in [0.25, 0.3) is 0 Å². The van der Waals surface area contributed by atoms with Gasteiger partial charge in [0.15, 0.2) is 0 Å². The van der Waals surface area contributed by atoms with Crippen LogP contribution in [0, 0.1) is 0 Å². The van der Waals surface area contributed by atoms with Gasteiger partial charge in [0.1, 0.15) is 0 Å². The Morgan fingerprint density at radius 3 is 2.67 bits per heavy atom. The number of alkyl halides is 4. The molecule has 1 unspecified atom stereocenters. The molecule has 9 heteroatoms. The van der Waals surface area contributed by atoms with E-state index in [1.165, 1.54) is 0 Å². The van der Waals surface area contributed by atoms with Gasteiger partial charge in [-0.3, -0.25) is 4.79 Å². The van der Waals surface area contributed by atoms with Crippen LogP contribution in [0.15, 0.2) is 0 Å². The number of amides is 1. The van der Waals surface area contributed by atoms with Crippen LogP contribution in [0.1, 0.15) is 6.42 Å². The summed E-state index contributed by atoms with van der Waals surface area (Å²) in [6, 6.07) is -0.0751. The predicted molar refractivity (Wildman–Crippen MR) is 64.9 cm³/mol. The second-order valence-corrected chi connectivity index (χ2v) is 4.92. The summed E-state index contributed by atoms with van der Waals surface area (Å²) < 4.78 is 48.6. The highest BCUT2D eigenvalue weighted by atomic mass is 35.5. The van der Waals surface area contributed by atoms with E-state index in [0.29, 0.717) is 0 Å². The number of halogens is 5. The van der Waals surface area contributed by atoms with Crippen molar-refractivity contribution in [2.45, 2.75) is 24.8 Å². The molecule has 1 rings (SSSR count). The van der Waals surface area contributed by atoms with Crippen molar-refractivity contribution >= 4 is 30.1 Å². The molecule has 1 aliphatic heterocycles. The summed E-state index contributed by atoms with van der Waals surface area (Å²) in [4.78, 5) is 11.2. The Hall–Kier alpha value is -0.210. The molecular formula is C9H15ClF4N2OS. The molecule has 1 atom stereocenters. The van der Waals surface area contributed by atoms with Crippen molar-refractivity contribution in [2.75, 3.05) is 24.6 Å². The summed E-state index contributed by atoms with van der Waals surface area (Å²) in [6.07, 6.45) is -3.72. The van der Waals surface area contributed by atoms with E-state index in [1.807, 2.05) is 5.32 Å². The molecule has 0 aliphatic carbocycles. The normalized spacial score (nSPS) is 20.4. The molecule has 0 saturated carbocycles. The molecule has 1 amide bonds. The van der Waals surface area contributed by atoms with Gasteiger partial charge in [0, 0.05) is 30.5 Å². The fraction of sp³-hybridized carbons (Fsp3) is 0.889. The number of rotatable bonds is 5. The number of nitrogens with one attached hydrogen (secondary N) is 2. The zero-order valence-corrected chi connectivity index (χ0v) is 11.1. The Kier molecular flexibility index (Phi) is 7.97. The third kappa shape index (κ3) is 6.10. The quantitative estimate of drug-likeness (QED) is 0.757. The minimum atomic E-state index is -4.16. The molecule has 1 fully saturated rings. The summed E-state index contributed by atoms with van der Waals surface area (Å²) in [5.41, 5.74) is 0. The van der Waals surface area contributed by atoms with Gasteiger partial charge in [-0.15, -0.1) is 12.4 Å². The van der Waals surface area contributed by atoms with Crippen molar-refractivity contribution in [3.63, 3.8) is 0 Å². The summed E-state index contributed by atoms with van der Waals surface area (Å²) in [7, 11) is 0. The fourth-order valence-electron chi connectivity index (χ4n) is 1.34. The highest BCUT2D eigenvalue weighted by molar-refractivity contribution is 7.99. The van der Waals surface area contributed by atoms with E-state index in [0.717, 1.165) is 18.1 Å². The Labute approximate surface area is 113 Å².